The minimum absolute atomic E-state index is 0.0656. The second-order valence-electron chi connectivity index (χ2n) is 36.3. The van der Waals surface area contributed by atoms with Crippen LogP contribution in [0.3, 0.4) is 0 Å². The van der Waals surface area contributed by atoms with Gasteiger partial charge in [-0.25, -0.2) is 0 Å². The van der Waals surface area contributed by atoms with Gasteiger partial charge in [0.1, 0.15) is 72.5 Å². The molecule has 2 aliphatic rings. The Morgan fingerprint density at radius 2 is 0.290 bits per heavy atom. The normalized spacial score (nSPS) is 20.8. The SMILES string of the molecule is CNCCCCCC(=O)NCCCC[C@@H]1NC(=O)[C@@H](C)NC(=O)[C@H](CCCCNC(=O)CCCCCNC)NC(=O)[C@@H](C)NC(=O)[C@H](CCCCNC(=O)CCCCCNC)NC(=O)[C@@H](C)NC1=O.CNCCCCCC(=O)NCCCC[C@@H]1NC(=O)[C@@H](C)NC(=O)[C@H](CCCCNC(=O)CCCCCNC)NC(=O)[C@@H](C)NC(=O)[C@H](CCCCNC(=O)CCCCCNC)NC(=O)[C@@H](C)NC1=O. The Morgan fingerprint density at radius 3 is 0.413 bits per heavy atom. The van der Waals surface area contributed by atoms with Crippen LogP contribution in [0.15, 0.2) is 0 Å². The number of amides is 18. The molecule has 12 atom stereocenters. The summed E-state index contributed by atoms with van der Waals surface area (Å²) in [6.45, 7) is 16.2. The van der Waals surface area contributed by atoms with Gasteiger partial charge in [0, 0.05) is 77.8 Å². The van der Waals surface area contributed by atoms with Crippen molar-refractivity contribution in [1.29, 1.82) is 0 Å². The third-order valence-electron chi connectivity index (χ3n) is 23.7. The predicted molar refractivity (Wildman–Crippen MR) is 533 cm³/mol. The highest BCUT2D eigenvalue weighted by molar-refractivity contribution is 6.00. The lowest BCUT2D eigenvalue weighted by molar-refractivity contribution is -0.136. The molecule has 0 aromatic carbocycles. The Balaban J connectivity index is 0.00000138. The number of carbonyl (C=O) groups excluding carboxylic acids is 18. The maximum Gasteiger partial charge on any atom is 0.243 e. The Kier molecular flexibility index (Phi) is 74.1. The van der Waals surface area contributed by atoms with E-state index < -0.39 is 143 Å². The molecule has 2 aliphatic heterocycles. The molecule has 792 valence electrons. The quantitative estimate of drug-likeness (QED) is 0.0365. The summed E-state index contributed by atoms with van der Waals surface area (Å²) in [6, 6.07) is -13.7. The molecule has 2 heterocycles. The smallest absolute Gasteiger partial charge is 0.243 e. The molecule has 0 saturated carbocycles. The van der Waals surface area contributed by atoms with Crippen LogP contribution >= 0.6 is 0 Å². The summed E-state index contributed by atoms with van der Waals surface area (Å²) in [7, 11) is 11.3. The summed E-state index contributed by atoms with van der Waals surface area (Å²) in [5.41, 5.74) is 0. The van der Waals surface area contributed by atoms with Crippen molar-refractivity contribution in [1.82, 2.24) is 128 Å². The van der Waals surface area contributed by atoms with E-state index in [-0.39, 0.29) is 74.0 Å². The fourth-order valence-electron chi connectivity index (χ4n) is 15.0. The van der Waals surface area contributed by atoms with Crippen LogP contribution in [0, 0.1) is 0 Å². The van der Waals surface area contributed by atoms with Gasteiger partial charge in [-0.1, -0.05) is 38.5 Å². The minimum Gasteiger partial charge on any atom is -0.356 e. The first-order valence-electron chi connectivity index (χ1n) is 51.4. The lowest BCUT2D eigenvalue weighted by atomic mass is 10.1. The van der Waals surface area contributed by atoms with Crippen molar-refractivity contribution >= 4 is 106 Å². The van der Waals surface area contributed by atoms with Crippen molar-refractivity contribution in [3.8, 4) is 0 Å². The predicted octanol–water partition coefficient (Wildman–Crippen LogP) is 0.335. The van der Waals surface area contributed by atoms with E-state index in [0.717, 1.165) is 155 Å². The molecule has 18 amide bonds. The van der Waals surface area contributed by atoms with Gasteiger partial charge in [-0.05, 0) is 316 Å². The number of hydrogen-bond acceptors (Lipinski definition) is 24. The van der Waals surface area contributed by atoms with E-state index in [4.69, 9.17) is 0 Å². The zero-order valence-corrected chi connectivity index (χ0v) is 85.5. The molecular formula is C96H180N24O18. The summed E-state index contributed by atoms with van der Waals surface area (Å²) >= 11 is 0. The molecule has 0 unspecified atom stereocenters. The maximum absolute atomic E-state index is 13.8. The minimum atomic E-state index is -1.15. The molecule has 2 fully saturated rings. The van der Waals surface area contributed by atoms with E-state index in [1.54, 1.807) is 0 Å². The van der Waals surface area contributed by atoms with Crippen LogP contribution in [-0.2, 0) is 86.3 Å². The number of carbonyl (C=O) groups is 18. The number of nitrogens with one attached hydrogen (secondary N) is 24. The molecule has 42 nitrogen and oxygen atoms in total. The van der Waals surface area contributed by atoms with Crippen molar-refractivity contribution in [3.05, 3.63) is 0 Å². The van der Waals surface area contributed by atoms with Crippen molar-refractivity contribution in [2.75, 3.05) is 121 Å². The van der Waals surface area contributed by atoms with Gasteiger partial charge in [0.15, 0.2) is 0 Å². The van der Waals surface area contributed by atoms with E-state index in [1.165, 1.54) is 41.5 Å². The van der Waals surface area contributed by atoms with Gasteiger partial charge in [-0.3, -0.25) is 86.3 Å². The second kappa shape index (κ2) is 81.0. The van der Waals surface area contributed by atoms with Gasteiger partial charge < -0.3 is 128 Å². The fraction of sp³-hybridized carbons (Fsp3) is 0.812. The average Bonchev–Trinajstić information content (AvgIpc) is 0.859. The highest BCUT2D eigenvalue weighted by Crippen LogP contribution is 2.14. The molecule has 0 spiro atoms. The molecule has 0 aromatic heterocycles. The lowest BCUT2D eigenvalue weighted by Gasteiger charge is -2.27. The van der Waals surface area contributed by atoms with Crippen LogP contribution in [0.25, 0.3) is 0 Å². The highest BCUT2D eigenvalue weighted by atomic mass is 16.2. The summed E-state index contributed by atoms with van der Waals surface area (Å²) in [6.07, 6.45) is 25.0. The Morgan fingerprint density at radius 1 is 0.167 bits per heavy atom. The first-order valence-corrected chi connectivity index (χ1v) is 51.4. The lowest BCUT2D eigenvalue weighted by Crippen LogP contribution is -2.60. The number of hydrogen-bond donors (Lipinski definition) is 24. The molecule has 0 radical (unpaired) electrons. The van der Waals surface area contributed by atoms with Crippen LogP contribution in [0.4, 0.5) is 0 Å². The third kappa shape index (κ3) is 63.7. The molecule has 42 heteroatoms. The fourth-order valence-corrected chi connectivity index (χ4v) is 15.0. The average molecular weight is 1960 g/mol. The van der Waals surface area contributed by atoms with Crippen LogP contribution in [0.5, 0.6) is 0 Å². The largest absolute Gasteiger partial charge is 0.356 e. The maximum atomic E-state index is 13.8. The zero-order chi connectivity index (χ0) is 102. The first-order chi connectivity index (χ1) is 66.2. The van der Waals surface area contributed by atoms with Gasteiger partial charge in [0.05, 0.1) is 0 Å². The summed E-state index contributed by atoms with van der Waals surface area (Å²) in [5, 5.41) is 68.1. The summed E-state index contributed by atoms with van der Waals surface area (Å²) in [5.74, 6) is -8.38. The van der Waals surface area contributed by atoms with Crippen LogP contribution in [0.2, 0.25) is 0 Å². The Hall–Kier alpha value is -9.78. The summed E-state index contributed by atoms with van der Waals surface area (Å²) in [4.78, 5) is 238. The molecule has 24 N–H and O–H groups in total. The van der Waals surface area contributed by atoms with E-state index in [0.29, 0.717) is 155 Å². The van der Waals surface area contributed by atoms with Crippen molar-refractivity contribution < 1.29 is 86.3 Å². The van der Waals surface area contributed by atoms with Crippen molar-refractivity contribution in [2.45, 2.75) is 384 Å². The summed E-state index contributed by atoms with van der Waals surface area (Å²) < 4.78 is 0. The van der Waals surface area contributed by atoms with Crippen LogP contribution < -0.4 is 128 Å². The van der Waals surface area contributed by atoms with Gasteiger partial charge in [0.2, 0.25) is 106 Å². The van der Waals surface area contributed by atoms with Crippen LogP contribution in [0.1, 0.15) is 311 Å². The molecule has 2 rings (SSSR count). The molecular weight excluding hydrogens is 1780 g/mol. The number of unbranched alkanes of at least 4 members (excludes halogenated alkanes) is 18. The molecule has 0 bridgehead atoms. The van der Waals surface area contributed by atoms with E-state index >= 15 is 0 Å². The van der Waals surface area contributed by atoms with E-state index in [1.807, 2.05) is 42.3 Å². The van der Waals surface area contributed by atoms with Crippen molar-refractivity contribution in [2.24, 2.45) is 0 Å². The van der Waals surface area contributed by atoms with E-state index in [2.05, 4.69) is 128 Å². The standard InChI is InChI=1S/2C48H90N12O9/c2*1-34-43(64)58-38(23-14-20-32-53-41(62)26-11-8-17-29-50-5)47(68)56-36(3)45(66)60-39(24-15-21-33-54-42(63)27-12-9-18-30-51-6)48(69)57-35(2)44(65)59-37(46(67)55-34)22-13-19-31-52-40(61)25-10-7-16-28-49-4/h2*34-39,49-51H,7-33H2,1-6H3,(H,52,61)(H,53,62)(H,54,63)(H,55,67)(H,56,68)(H,57,69)(H,58,64)(H,59,65)(H,60,66)/t2*34-,35-,36-,37+,38+,39+/m11/s1. The molecule has 2 saturated heterocycles. The van der Waals surface area contributed by atoms with Crippen molar-refractivity contribution in [3.63, 3.8) is 0 Å². The number of rotatable bonds is 66. The Labute approximate surface area is 821 Å². The molecule has 0 aliphatic carbocycles. The first kappa shape index (κ1) is 126. The van der Waals surface area contributed by atoms with Gasteiger partial charge in [-0.2, -0.15) is 0 Å². The van der Waals surface area contributed by atoms with E-state index in [9.17, 15) is 86.3 Å². The monoisotopic (exact) mass is 1960 g/mol. The second-order valence-corrected chi connectivity index (χ2v) is 36.3. The molecule has 138 heavy (non-hydrogen) atoms. The van der Waals surface area contributed by atoms with Gasteiger partial charge in [-0.15, -0.1) is 0 Å². The highest BCUT2D eigenvalue weighted by Gasteiger charge is 2.36. The third-order valence-corrected chi connectivity index (χ3v) is 23.7. The molecule has 0 aromatic rings. The zero-order valence-electron chi connectivity index (χ0n) is 85.5. The van der Waals surface area contributed by atoms with Gasteiger partial charge >= 0.3 is 0 Å². The topological polar surface area (TPSA) is 596 Å². The Bertz CT molecular complexity index is 2980. The van der Waals surface area contributed by atoms with Crippen LogP contribution in [-0.4, -0.2) is 300 Å². The van der Waals surface area contributed by atoms with Gasteiger partial charge in [0.25, 0.3) is 0 Å².